The van der Waals surface area contributed by atoms with Gasteiger partial charge in [0.05, 0.1) is 5.54 Å². The first-order valence-electron chi connectivity index (χ1n) is 9.10. The molecule has 2 N–H and O–H groups in total. The highest BCUT2D eigenvalue weighted by Gasteiger charge is 2.36. The molecule has 7 heteroatoms. The standard InChI is InChI=1S/C19H26N4O2.ClH/c1-3-13-23(4-2)17(24)15-9-7-14(8-10-15)16-21-18(22-25-16)19(20)11-5-6-12-19;/h7-10H,3-6,11-13,20H2,1-2H3;1H. The first kappa shape index (κ1) is 20.4. The number of hydrogen-bond donors (Lipinski definition) is 1. The Labute approximate surface area is 160 Å². The van der Waals surface area contributed by atoms with Gasteiger partial charge in [0, 0.05) is 24.2 Å². The number of carbonyl (C=O) groups is 1. The van der Waals surface area contributed by atoms with Crippen LogP contribution in [0.3, 0.4) is 0 Å². The molecular formula is C19H27ClN4O2. The van der Waals surface area contributed by atoms with E-state index in [4.69, 9.17) is 10.3 Å². The summed E-state index contributed by atoms with van der Waals surface area (Å²) in [5, 5.41) is 4.08. The molecule has 142 valence electrons. The van der Waals surface area contributed by atoms with Crippen molar-refractivity contribution in [3.05, 3.63) is 35.7 Å². The number of halogens is 1. The molecule has 3 rings (SSSR count). The van der Waals surface area contributed by atoms with Gasteiger partial charge in [-0.1, -0.05) is 24.9 Å². The largest absolute Gasteiger partial charge is 0.339 e. The molecule has 0 aliphatic heterocycles. The first-order chi connectivity index (χ1) is 12.1. The molecule has 2 aromatic rings. The minimum absolute atomic E-state index is 0. The fraction of sp³-hybridized carbons (Fsp3) is 0.526. The zero-order valence-electron chi connectivity index (χ0n) is 15.4. The molecule has 6 nitrogen and oxygen atoms in total. The second-order valence-electron chi connectivity index (χ2n) is 6.75. The number of nitrogens with two attached hydrogens (primary N) is 1. The lowest BCUT2D eigenvalue weighted by atomic mass is 9.98. The van der Waals surface area contributed by atoms with Crippen LogP contribution in [0.5, 0.6) is 0 Å². The van der Waals surface area contributed by atoms with Crippen molar-refractivity contribution in [2.24, 2.45) is 5.73 Å². The minimum Gasteiger partial charge on any atom is -0.339 e. The van der Waals surface area contributed by atoms with Crippen molar-refractivity contribution in [1.82, 2.24) is 15.0 Å². The van der Waals surface area contributed by atoms with E-state index < -0.39 is 5.54 Å². The Bertz CT molecular complexity index is 723. The van der Waals surface area contributed by atoms with Crippen LogP contribution in [-0.2, 0) is 5.54 Å². The molecule has 1 amide bonds. The summed E-state index contributed by atoms with van der Waals surface area (Å²) in [5.74, 6) is 1.08. The Morgan fingerprint density at radius 1 is 1.23 bits per heavy atom. The number of carbonyl (C=O) groups excluding carboxylic acids is 1. The van der Waals surface area contributed by atoms with Gasteiger partial charge in [0.2, 0.25) is 0 Å². The highest BCUT2D eigenvalue weighted by molar-refractivity contribution is 5.94. The van der Waals surface area contributed by atoms with E-state index in [0.717, 1.165) is 44.2 Å². The second-order valence-corrected chi connectivity index (χ2v) is 6.75. The van der Waals surface area contributed by atoms with Gasteiger partial charge >= 0.3 is 0 Å². The maximum absolute atomic E-state index is 12.5. The van der Waals surface area contributed by atoms with E-state index in [0.29, 0.717) is 23.8 Å². The van der Waals surface area contributed by atoms with Crippen LogP contribution in [0.4, 0.5) is 0 Å². The molecule has 1 saturated carbocycles. The summed E-state index contributed by atoms with van der Waals surface area (Å²) in [7, 11) is 0. The summed E-state index contributed by atoms with van der Waals surface area (Å²) >= 11 is 0. The normalized spacial score (nSPS) is 15.5. The van der Waals surface area contributed by atoms with Crippen molar-refractivity contribution in [2.45, 2.75) is 51.5 Å². The van der Waals surface area contributed by atoms with E-state index in [1.165, 1.54) is 0 Å². The van der Waals surface area contributed by atoms with E-state index in [1.807, 2.05) is 36.1 Å². The maximum atomic E-state index is 12.5. The number of hydrogen-bond acceptors (Lipinski definition) is 5. The molecule has 1 aliphatic carbocycles. The topological polar surface area (TPSA) is 85.2 Å². The number of rotatable bonds is 6. The lowest BCUT2D eigenvalue weighted by molar-refractivity contribution is 0.0764. The Morgan fingerprint density at radius 3 is 2.46 bits per heavy atom. The van der Waals surface area contributed by atoms with Crippen molar-refractivity contribution >= 4 is 18.3 Å². The van der Waals surface area contributed by atoms with Crippen molar-refractivity contribution < 1.29 is 9.32 Å². The van der Waals surface area contributed by atoms with E-state index in [2.05, 4.69) is 17.1 Å². The molecule has 26 heavy (non-hydrogen) atoms. The van der Waals surface area contributed by atoms with Crippen molar-refractivity contribution in [3.63, 3.8) is 0 Å². The molecule has 1 fully saturated rings. The number of benzene rings is 1. The predicted octanol–water partition coefficient (Wildman–Crippen LogP) is 3.76. The average Bonchev–Trinajstić information content (AvgIpc) is 3.29. The van der Waals surface area contributed by atoms with Crippen molar-refractivity contribution in [1.29, 1.82) is 0 Å². The predicted molar refractivity (Wildman–Crippen MR) is 103 cm³/mol. The smallest absolute Gasteiger partial charge is 0.257 e. The molecule has 0 atom stereocenters. The van der Waals surface area contributed by atoms with E-state index >= 15 is 0 Å². The van der Waals surface area contributed by atoms with Gasteiger partial charge in [-0.15, -0.1) is 12.4 Å². The first-order valence-corrected chi connectivity index (χ1v) is 9.10. The molecule has 1 heterocycles. The summed E-state index contributed by atoms with van der Waals surface area (Å²) in [4.78, 5) is 18.8. The fourth-order valence-corrected chi connectivity index (χ4v) is 3.38. The number of aromatic nitrogens is 2. The lowest BCUT2D eigenvalue weighted by Gasteiger charge is -2.20. The van der Waals surface area contributed by atoms with Gasteiger partial charge in [-0.2, -0.15) is 4.98 Å². The monoisotopic (exact) mass is 378 g/mol. The average molecular weight is 379 g/mol. The van der Waals surface area contributed by atoms with Crippen LogP contribution in [-0.4, -0.2) is 34.0 Å². The third kappa shape index (κ3) is 4.07. The quantitative estimate of drug-likeness (QED) is 0.827. The highest BCUT2D eigenvalue weighted by atomic mass is 35.5. The van der Waals surface area contributed by atoms with E-state index in [-0.39, 0.29) is 18.3 Å². The summed E-state index contributed by atoms with van der Waals surface area (Å²) < 4.78 is 5.40. The summed E-state index contributed by atoms with van der Waals surface area (Å²) in [6.45, 7) is 5.54. The molecule has 0 unspecified atom stereocenters. The number of amides is 1. The Hall–Kier alpha value is -1.92. The van der Waals surface area contributed by atoms with Crippen LogP contribution in [0, 0.1) is 0 Å². The van der Waals surface area contributed by atoms with Gasteiger partial charge < -0.3 is 15.2 Å². The van der Waals surface area contributed by atoms with Crippen LogP contribution in [0.15, 0.2) is 28.8 Å². The van der Waals surface area contributed by atoms with Crippen LogP contribution in [0.1, 0.15) is 62.1 Å². The van der Waals surface area contributed by atoms with Gasteiger partial charge in [0.25, 0.3) is 11.8 Å². The second kappa shape index (κ2) is 8.64. The van der Waals surface area contributed by atoms with Crippen LogP contribution >= 0.6 is 12.4 Å². The SMILES string of the molecule is CCCN(CC)C(=O)c1ccc(-c2nc(C3(N)CCCC3)no2)cc1.Cl. The molecule has 1 aromatic heterocycles. The van der Waals surface area contributed by atoms with Gasteiger partial charge in [-0.3, -0.25) is 4.79 Å². The Kier molecular flexibility index (Phi) is 6.78. The lowest BCUT2D eigenvalue weighted by Crippen LogP contribution is -2.34. The minimum atomic E-state index is -0.459. The van der Waals surface area contributed by atoms with Gasteiger partial charge in [0.15, 0.2) is 5.82 Å². The van der Waals surface area contributed by atoms with Gasteiger partial charge in [-0.05, 0) is 50.5 Å². The van der Waals surface area contributed by atoms with Crippen molar-refractivity contribution in [3.8, 4) is 11.5 Å². The molecule has 1 aliphatic rings. The van der Waals surface area contributed by atoms with E-state index in [9.17, 15) is 4.79 Å². The molecule has 0 radical (unpaired) electrons. The van der Waals surface area contributed by atoms with Crippen molar-refractivity contribution in [2.75, 3.05) is 13.1 Å². The Balaban J connectivity index is 0.00000243. The molecule has 0 bridgehead atoms. The zero-order valence-corrected chi connectivity index (χ0v) is 16.2. The van der Waals surface area contributed by atoms with Crippen LogP contribution in [0.25, 0.3) is 11.5 Å². The van der Waals surface area contributed by atoms with Crippen LogP contribution in [0.2, 0.25) is 0 Å². The maximum Gasteiger partial charge on any atom is 0.257 e. The fourth-order valence-electron chi connectivity index (χ4n) is 3.38. The summed E-state index contributed by atoms with van der Waals surface area (Å²) in [6, 6.07) is 7.32. The summed E-state index contributed by atoms with van der Waals surface area (Å²) in [5.41, 5.74) is 7.39. The van der Waals surface area contributed by atoms with E-state index in [1.54, 1.807) is 0 Å². The third-order valence-electron chi connectivity index (χ3n) is 4.91. The zero-order chi connectivity index (χ0) is 17.9. The molecule has 0 spiro atoms. The third-order valence-corrected chi connectivity index (χ3v) is 4.91. The van der Waals surface area contributed by atoms with Gasteiger partial charge in [-0.25, -0.2) is 0 Å². The number of nitrogens with zero attached hydrogens (tertiary/aromatic N) is 3. The highest BCUT2D eigenvalue weighted by Crippen LogP contribution is 2.35. The van der Waals surface area contributed by atoms with Crippen LogP contribution < -0.4 is 5.73 Å². The summed E-state index contributed by atoms with van der Waals surface area (Å²) in [6.07, 6.45) is 4.93. The Morgan fingerprint density at radius 2 is 1.88 bits per heavy atom. The molecular weight excluding hydrogens is 352 g/mol. The molecule has 0 saturated heterocycles. The van der Waals surface area contributed by atoms with Gasteiger partial charge in [0.1, 0.15) is 0 Å². The molecule has 1 aromatic carbocycles.